The molecule has 0 aliphatic rings. The highest BCUT2D eigenvalue weighted by Gasteiger charge is 2.31. The zero-order valence-corrected chi connectivity index (χ0v) is 15.0. The molecule has 0 aliphatic carbocycles. The Bertz CT molecular complexity index is 1010. The number of rotatable bonds is 4. The second-order valence-electron chi connectivity index (χ2n) is 5.76. The Morgan fingerprint density at radius 3 is 2.26 bits per heavy atom. The summed E-state index contributed by atoms with van der Waals surface area (Å²) in [5.41, 5.74) is 1.75. The normalized spacial score (nSPS) is 10.5. The SMILES string of the molecule is COC(=O)c1c(-c2ccc(F)cc2C)nn(-c2ccccc2)c1C(=O)OC. The Balaban J connectivity index is 2.38. The summed E-state index contributed by atoms with van der Waals surface area (Å²) < 4.78 is 24.6. The van der Waals surface area contributed by atoms with E-state index < -0.39 is 17.8 Å². The third kappa shape index (κ3) is 3.31. The van der Waals surface area contributed by atoms with E-state index >= 15 is 0 Å². The quantitative estimate of drug-likeness (QED) is 0.659. The predicted molar refractivity (Wildman–Crippen MR) is 96.4 cm³/mol. The van der Waals surface area contributed by atoms with Crippen molar-refractivity contribution >= 4 is 11.9 Å². The summed E-state index contributed by atoms with van der Waals surface area (Å²) in [6.07, 6.45) is 0. The molecule has 0 saturated carbocycles. The maximum absolute atomic E-state index is 13.5. The van der Waals surface area contributed by atoms with Crippen molar-refractivity contribution in [2.24, 2.45) is 0 Å². The molecule has 0 N–H and O–H groups in total. The number of aryl methyl sites for hydroxylation is 1. The van der Waals surface area contributed by atoms with Gasteiger partial charge in [0.1, 0.15) is 17.1 Å². The molecular weight excluding hydrogens is 351 g/mol. The van der Waals surface area contributed by atoms with Gasteiger partial charge in [-0.05, 0) is 42.8 Å². The molecule has 0 unspecified atom stereocenters. The van der Waals surface area contributed by atoms with Crippen LogP contribution in [0.2, 0.25) is 0 Å². The summed E-state index contributed by atoms with van der Waals surface area (Å²) >= 11 is 0. The Kier molecular flexibility index (Phi) is 5.03. The molecule has 3 rings (SSSR count). The van der Waals surface area contributed by atoms with Gasteiger partial charge in [0.05, 0.1) is 19.9 Å². The van der Waals surface area contributed by atoms with Crippen molar-refractivity contribution < 1.29 is 23.5 Å². The van der Waals surface area contributed by atoms with Gasteiger partial charge in [0.15, 0.2) is 5.69 Å². The summed E-state index contributed by atoms with van der Waals surface area (Å²) in [5.74, 6) is -1.89. The number of carbonyl (C=O) groups is 2. The molecule has 0 bridgehead atoms. The van der Waals surface area contributed by atoms with Crippen molar-refractivity contribution in [3.8, 4) is 16.9 Å². The summed E-state index contributed by atoms with van der Waals surface area (Å²) in [6.45, 7) is 1.69. The first-order valence-electron chi connectivity index (χ1n) is 8.09. The molecule has 27 heavy (non-hydrogen) atoms. The number of nitrogens with zero attached hydrogens (tertiary/aromatic N) is 2. The lowest BCUT2D eigenvalue weighted by molar-refractivity contribution is 0.0549. The smallest absolute Gasteiger partial charge is 0.357 e. The number of halogens is 1. The van der Waals surface area contributed by atoms with Gasteiger partial charge >= 0.3 is 11.9 Å². The maximum Gasteiger partial charge on any atom is 0.357 e. The Labute approximate surface area is 155 Å². The van der Waals surface area contributed by atoms with Crippen LogP contribution in [0.15, 0.2) is 48.5 Å². The van der Waals surface area contributed by atoms with E-state index in [-0.39, 0.29) is 17.0 Å². The minimum atomic E-state index is -0.740. The molecule has 0 radical (unpaired) electrons. The summed E-state index contributed by atoms with van der Waals surface area (Å²) in [4.78, 5) is 25.0. The average Bonchev–Trinajstić information content (AvgIpc) is 3.07. The van der Waals surface area contributed by atoms with Crippen molar-refractivity contribution in [3.63, 3.8) is 0 Å². The highest BCUT2D eigenvalue weighted by atomic mass is 19.1. The number of benzene rings is 2. The second kappa shape index (κ2) is 7.41. The van der Waals surface area contributed by atoms with Crippen LogP contribution in [0.1, 0.15) is 26.4 Å². The molecule has 1 aromatic heterocycles. The van der Waals surface area contributed by atoms with Crippen LogP contribution in [0.4, 0.5) is 4.39 Å². The average molecular weight is 368 g/mol. The molecule has 7 heteroatoms. The van der Waals surface area contributed by atoms with Gasteiger partial charge in [-0.1, -0.05) is 18.2 Å². The number of para-hydroxylation sites is 1. The van der Waals surface area contributed by atoms with Crippen LogP contribution in [0, 0.1) is 12.7 Å². The fourth-order valence-corrected chi connectivity index (χ4v) is 2.84. The van der Waals surface area contributed by atoms with E-state index in [0.29, 0.717) is 16.8 Å². The van der Waals surface area contributed by atoms with Gasteiger partial charge in [0, 0.05) is 5.56 Å². The van der Waals surface area contributed by atoms with Crippen LogP contribution in [0.3, 0.4) is 0 Å². The third-order valence-corrected chi connectivity index (χ3v) is 4.10. The van der Waals surface area contributed by atoms with Gasteiger partial charge < -0.3 is 9.47 Å². The third-order valence-electron chi connectivity index (χ3n) is 4.10. The van der Waals surface area contributed by atoms with Gasteiger partial charge in [-0.2, -0.15) is 5.10 Å². The van der Waals surface area contributed by atoms with Crippen LogP contribution >= 0.6 is 0 Å². The topological polar surface area (TPSA) is 70.4 Å². The largest absolute Gasteiger partial charge is 0.465 e. The molecule has 0 amide bonds. The van der Waals surface area contributed by atoms with Crippen molar-refractivity contribution in [2.75, 3.05) is 14.2 Å². The van der Waals surface area contributed by atoms with Crippen LogP contribution in [-0.4, -0.2) is 35.9 Å². The molecule has 6 nitrogen and oxygen atoms in total. The van der Waals surface area contributed by atoms with Crippen LogP contribution < -0.4 is 0 Å². The highest BCUT2D eigenvalue weighted by Crippen LogP contribution is 2.31. The van der Waals surface area contributed by atoms with Crippen molar-refractivity contribution in [1.82, 2.24) is 9.78 Å². The molecule has 0 saturated heterocycles. The van der Waals surface area contributed by atoms with E-state index in [2.05, 4.69) is 5.10 Å². The maximum atomic E-state index is 13.5. The number of aromatic nitrogens is 2. The Morgan fingerprint density at radius 2 is 1.67 bits per heavy atom. The van der Waals surface area contributed by atoms with Crippen LogP contribution in [-0.2, 0) is 9.47 Å². The number of carbonyl (C=O) groups excluding carboxylic acids is 2. The highest BCUT2D eigenvalue weighted by molar-refractivity contribution is 6.07. The van der Waals surface area contributed by atoms with Gasteiger partial charge in [-0.15, -0.1) is 0 Å². The van der Waals surface area contributed by atoms with E-state index in [1.165, 1.54) is 37.1 Å². The first kappa shape index (κ1) is 18.3. The molecule has 0 fully saturated rings. The lowest BCUT2D eigenvalue weighted by atomic mass is 10.0. The standard InChI is InChI=1S/C20H17FN2O4/c1-12-11-13(21)9-10-15(12)17-16(19(24)26-2)18(20(25)27-3)23(22-17)14-7-5-4-6-8-14/h4-11H,1-3H3. The van der Waals surface area contributed by atoms with E-state index in [4.69, 9.17) is 9.47 Å². The zero-order valence-electron chi connectivity index (χ0n) is 15.0. The Morgan fingerprint density at radius 1 is 1.00 bits per heavy atom. The van der Waals surface area contributed by atoms with Crippen molar-refractivity contribution in [3.05, 3.63) is 71.2 Å². The van der Waals surface area contributed by atoms with Gasteiger partial charge in [-0.25, -0.2) is 18.7 Å². The van der Waals surface area contributed by atoms with E-state index in [0.717, 1.165) is 0 Å². The fourth-order valence-electron chi connectivity index (χ4n) is 2.84. The molecule has 0 spiro atoms. The van der Waals surface area contributed by atoms with E-state index in [1.807, 2.05) is 6.07 Å². The minimum Gasteiger partial charge on any atom is -0.465 e. The molecule has 0 atom stereocenters. The molecule has 2 aromatic carbocycles. The lowest BCUT2D eigenvalue weighted by Gasteiger charge is -2.07. The molecule has 138 valence electrons. The summed E-state index contributed by atoms with van der Waals surface area (Å²) in [7, 11) is 2.43. The van der Waals surface area contributed by atoms with Gasteiger partial charge in [0.25, 0.3) is 0 Å². The minimum absolute atomic E-state index is 0.0390. The molecular formula is C20H17FN2O4. The molecule has 3 aromatic rings. The first-order valence-corrected chi connectivity index (χ1v) is 8.09. The molecule has 0 aliphatic heterocycles. The van der Waals surface area contributed by atoms with Crippen molar-refractivity contribution in [2.45, 2.75) is 6.92 Å². The van der Waals surface area contributed by atoms with E-state index in [9.17, 15) is 14.0 Å². The Hall–Kier alpha value is -3.48. The summed E-state index contributed by atoms with van der Waals surface area (Å²) in [6, 6.07) is 13.0. The van der Waals surface area contributed by atoms with Gasteiger partial charge in [0.2, 0.25) is 0 Å². The predicted octanol–water partition coefficient (Wildman–Crippen LogP) is 3.56. The number of esters is 2. The second-order valence-corrected chi connectivity index (χ2v) is 5.76. The molecule has 1 heterocycles. The summed E-state index contributed by atoms with van der Waals surface area (Å²) in [5, 5.41) is 4.47. The van der Waals surface area contributed by atoms with Crippen LogP contribution in [0.5, 0.6) is 0 Å². The first-order chi connectivity index (χ1) is 13.0. The zero-order chi connectivity index (χ0) is 19.6. The monoisotopic (exact) mass is 368 g/mol. The number of ether oxygens (including phenoxy) is 2. The number of hydrogen-bond acceptors (Lipinski definition) is 5. The van der Waals surface area contributed by atoms with E-state index in [1.54, 1.807) is 31.2 Å². The van der Waals surface area contributed by atoms with Gasteiger partial charge in [-0.3, -0.25) is 0 Å². The fraction of sp³-hybridized carbons (Fsp3) is 0.150. The number of hydrogen-bond donors (Lipinski definition) is 0. The van der Waals surface area contributed by atoms with Crippen molar-refractivity contribution in [1.29, 1.82) is 0 Å². The lowest BCUT2D eigenvalue weighted by Crippen LogP contribution is -2.15. The van der Waals surface area contributed by atoms with Crippen LogP contribution in [0.25, 0.3) is 16.9 Å². The number of methoxy groups -OCH3 is 2.